The smallest absolute Gasteiger partial charge is 0.327 e. The van der Waals surface area contributed by atoms with E-state index in [0.717, 1.165) is 4.68 Å². The largest absolute Gasteiger partial charge is 0.468 e. The number of nitrogens with zero attached hydrogens (tertiary/aromatic N) is 2. The second-order valence-corrected chi connectivity index (χ2v) is 3.98. The van der Waals surface area contributed by atoms with Crippen LogP contribution in [0.4, 0.5) is 14.5 Å². The van der Waals surface area contributed by atoms with Crippen molar-refractivity contribution < 1.29 is 18.3 Å². The Bertz CT molecular complexity index is 492. The summed E-state index contributed by atoms with van der Waals surface area (Å²) in [5.41, 5.74) is -0.471. The lowest BCUT2D eigenvalue weighted by Crippen LogP contribution is -2.28. The van der Waals surface area contributed by atoms with Crippen LogP contribution in [0.3, 0.4) is 0 Å². The average Bonchev–Trinajstić information content (AvgIpc) is 2.33. The number of alkyl halides is 2. The fraction of sp³-hybridized carbons (Fsp3) is 0.444. The van der Waals surface area contributed by atoms with E-state index in [1.165, 1.54) is 13.3 Å². The molecule has 1 N–H and O–H groups in total. The summed E-state index contributed by atoms with van der Waals surface area (Å²) in [6.45, 7) is -0.941. The van der Waals surface area contributed by atoms with Gasteiger partial charge in [-0.3, -0.25) is 9.59 Å². The van der Waals surface area contributed by atoms with Gasteiger partial charge in [0.05, 0.1) is 25.5 Å². The third-order valence-corrected chi connectivity index (χ3v) is 2.70. The second-order valence-electron chi connectivity index (χ2n) is 3.18. The Hall–Kier alpha value is -1.51. The summed E-state index contributed by atoms with van der Waals surface area (Å²) < 4.78 is 29.3. The van der Waals surface area contributed by atoms with Gasteiger partial charge in [-0.1, -0.05) is 0 Å². The summed E-state index contributed by atoms with van der Waals surface area (Å²) in [6.07, 6.45) is -1.37. The van der Waals surface area contributed by atoms with Crippen molar-refractivity contribution >= 4 is 27.6 Å². The van der Waals surface area contributed by atoms with Gasteiger partial charge in [0.2, 0.25) is 0 Å². The van der Waals surface area contributed by atoms with Crippen molar-refractivity contribution in [3.63, 3.8) is 0 Å². The van der Waals surface area contributed by atoms with E-state index in [1.54, 1.807) is 0 Å². The summed E-state index contributed by atoms with van der Waals surface area (Å²) in [4.78, 5) is 22.7. The predicted molar refractivity (Wildman–Crippen MR) is 62.7 cm³/mol. The minimum atomic E-state index is -2.55. The van der Waals surface area contributed by atoms with E-state index in [1.807, 2.05) is 0 Å². The van der Waals surface area contributed by atoms with Gasteiger partial charge in [0.15, 0.2) is 0 Å². The zero-order chi connectivity index (χ0) is 13.7. The average molecular weight is 326 g/mol. The third-order valence-electron chi connectivity index (χ3n) is 1.94. The van der Waals surface area contributed by atoms with E-state index in [2.05, 4.69) is 31.1 Å². The fourth-order valence-corrected chi connectivity index (χ4v) is 1.52. The molecule has 0 aliphatic carbocycles. The van der Waals surface area contributed by atoms with Crippen molar-refractivity contribution in [1.29, 1.82) is 0 Å². The van der Waals surface area contributed by atoms with Gasteiger partial charge < -0.3 is 10.1 Å². The Kier molecular flexibility index (Phi) is 5.20. The zero-order valence-electron chi connectivity index (χ0n) is 9.32. The Morgan fingerprint density at radius 2 is 2.33 bits per heavy atom. The van der Waals surface area contributed by atoms with Gasteiger partial charge in [-0.25, -0.2) is 13.5 Å². The molecular formula is C9H10BrF2N3O3. The minimum absolute atomic E-state index is 0.0297. The molecule has 0 aromatic carbocycles. The lowest BCUT2D eigenvalue weighted by molar-refractivity contribution is -0.141. The molecule has 0 atom stereocenters. The van der Waals surface area contributed by atoms with Gasteiger partial charge in [-0.05, 0) is 15.9 Å². The Balaban J connectivity index is 2.91. The number of hydrogen-bond donors (Lipinski definition) is 1. The zero-order valence-corrected chi connectivity index (χ0v) is 10.9. The summed E-state index contributed by atoms with van der Waals surface area (Å²) >= 11 is 2.96. The maximum Gasteiger partial charge on any atom is 0.327 e. The number of carbonyl (C=O) groups is 1. The lowest BCUT2D eigenvalue weighted by atomic mass is 10.4. The van der Waals surface area contributed by atoms with E-state index in [0.29, 0.717) is 0 Å². The first-order valence-electron chi connectivity index (χ1n) is 4.80. The van der Waals surface area contributed by atoms with Crippen molar-refractivity contribution in [2.75, 3.05) is 19.0 Å². The second kappa shape index (κ2) is 6.43. The number of rotatable bonds is 5. The Morgan fingerprint density at radius 1 is 1.67 bits per heavy atom. The molecule has 0 fully saturated rings. The highest BCUT2D eigenvalue weighted by Gasteiger charge is 2.12. The summed E-state index contributed by atoms with van der Waals surface area (Å²) in [7, 11) is 1.18. The van der Waals surface area contributed by atoms with E-state index in [4.69, 9.17) is 0 Å². The number of nitrogens with one attached hydrogen (secondary N) is 1. The van der Waals surface area contributed by atoms with Crippen LogP contribution in [-0.4, -0.2) is 35.8 Å². The molecule has 9 heteroatoms. The number of esters is 1. The minimum Gasteiger partial charge on any atom is -0.468 e. The van der Waals surface area contributed by atoms with E-state index < -0.39 is 24.5 Å². The van der Waals surface area contributed by atoms with Gasteiger partial charge in [0.1, 0.15) is 11.0 Å². The number of hydrogen-bond acceptors (Lipinski definition) is 5. The van der Waals surface area contributed by atoms with Crippen LogP contribution in [0.15, 0.2) is 15.5 Å². The summed E-state index contributed by atoms with van der Waals surface area (Å²) in [5.74, 6) is -0.634. The van der Waals surface area contributed by atoms with Crippen molar-refractivity contribution in [3.05, 3.63) is 21.0 Å². The molecule has 100 valence electrons. The van der Waals surface area contributed by atoms with Crippen LogP contribution in [0.1, 0.15) is 0 Å². The molecule has 6 nitrogen and oxygen atoms in total. The predicted octanol–water partition coefficient (Wildman–Crippen LogP) is 0.856. The molecular weight excluding hydrogens is 316 g/mol. The Labute approximate surface area is 109 Å². The molecule has 0 aliphatic heterocycles. The Morgan fingerprint density at radius 3 is 2.89 bits per heavy atom. The quantitative estimate of drug-likeness (QED) is 0.813. The number of anilines is 1. The molecule has 0 amide bonds. The fourth-order valence-electron chi connectivity index (χ4n) is 1.07. The molecule has 1 rings (SSSR count). The highest BCUT2D eigenvalue weighted by Crippen LogP contribution is 2.16. The standard InChI is InChI=1S/C9H10BrF2N3O3/c1-18-7(16)4-15-9(17)8(10)5(2-14-15)13-3-6(11)12/h2,6,13H,3-4H2,1H3. The van der Waals surface area contributed by atoms with E-state index in [9.17, 15) is 18.4 Å². The van der Waals surface area contributed by atoms with Crippen LogP contribution in [0, 0.1) is 0 Å². The molecule has 0 saturated heterocycles. The maximum atomic E-state index is 12.0. The van der Waals surface area contributed by atoms with Crippen molar-refractivity contribution in [2.24, 2.45) is 0 Å². The van der Waals surface area contributed by atoms with Crippen LogP contribution in [0.5, 0.6) is 0 Å². The van der Waals surface area contributed by atoms with Crippen LogP contribution >= 0.6 is 15.9 Å². The number of aromatic nitrogens is 2. The number of methoxy groups -OCH3 is 1. The number of ether oxygens (including phenoxy) is 1. The third kappa shape index (κ3) is 3.76. The van der Waals surface area contributed by atoms with Crippen LogP contribution in [-0.2, 0) is 16.1 Å². The van der Waals surface area contributed by atoms with Gasteiger partial charge in [0, 0.05) is 0 Å². The SMILES string of the molecule is COC(=O)Cn1ncc(NCC(F)F)c(Br)c1=O. The highest BCUT2D eigenvalue weighted by molar-refractivity contribution is 9.10. The normalized spacial score (nSPS) is 10.5. The molecule has 0 spiro atoms. The number of halogens is 3. The molecule has 0 unspecified atom stereocenters. The van der Waals surface area contributed by atoms with Crippen molar-refractivity contribution in [1.82, 2.24) is 9.78 Å². The lowest BCUT2D eigenvalue weighted by Gasteiger charge is -2.09. The summed E-state index contributed by atoms with van der Waals surface area (Å²) in [5, 5.41) is 6.03. The first kappa shape index (κ1) is 14.6. The van der Waals surface area contributed by atoms with Gasteiger partial charge in [0.25, 0.3) is 12.0 Å². The van der Waals surface area contributed by atoms with Gasteiger partial charge in [-0.15, -0.1) is 0 Å². The highest BCUT2D eigenvalue weighted by atomic mass is 79.9. The van der Waals surface area contributed by atoms with Crippen molar-refractivity contribution in [2.45, 2.75) is 13.0 Å². The topological polar surface area (TPSA) is 73.2 Å². The van der Waals surface area contributed by atoms with E-state index in [-0.39, 0.29) is 16.7 Å². The van der Waals surface area contributed by atoms with Crippen LogP contribution < -0.4 is 10.9 Å². The maximum absolute atomic E-state index is 12.0. The molecule has 1 heterocycles. The molecule has 1 aromatic rings. The van der Waals surface area contributed by atoms with Gasteiger partial charge in [-0.2, -0.15) is 5.10 Å². The van der Waals surface area contributed by atoms with E-state index >= 15 is 0 Å². The van der Waals surface area contributed by atoms with Crippen molar-refractivity contribution in [3.8, 4) is 0 Å². The molecule has 1 aromatic heterocycles. The molecule has 0 bridgehead atoms. The monoisotopic (exact) mass is 325 g/mol. The van der Waals surface area contributed by atoms with Crippen LogP contribution in [0.2, 0.25) is 0 Å². The molecule has 0 radical (unpaired) electrons. The molecule has 0 aliphatic rings. The molecule has 0 saturated carbocycles. The summed E-state index contributed by atoms with van der Waals surface area (Å²) in [6, 6.07) is 0. The van der Waals surface area contributed by atoms with Crippen LogP contribution in [0.25, 0.3) is 0 Å². The number of carbonyl (C=O) groups excluding carboxylic acids is 1. The first-order valence-corrected chi connectivity index (χ1v) is 5.59. The molecule has 18 heavy (non-hydrogen) atoms. The van der Waals surface area contributed by atoms with Gasteiger partial charge >= 0.3 is 5.97 Å². The first-order chi connectivity index (χ1) is 8.45.